The molecule has 0 aliphatic heterocycles. The lowest BCUT2D eigenvalue weighted by molar-refractivity contribution is 0.340. The molecule has 1 N–H and O–H groups in total. The highest BCUT2D eigenvalue weighted by atomic mass is 79.9. The lowest BCUT2D eigenvalue weighted by atomic mass is 10.2. The molecule has 31 heavy (non-hydrogen) atoms. The van der Waals surface area contributed by atoms with Crippen molar-refractivity contribution in [2.24, 2.45) is 0 Å². The molecule has 0 spiro atoms. The van der Waals surface area contributed by atoms with Gasteiger partial charge in [-0.05, 0) is 67.6 Å². The van der Waals surface area contributed by atoms with Gasteiger partial charge in [0, 0.05) is 10.0 Å². The molecule has 4 rings (SSSR count). The standard InChI is InChI=1S/C22H19BrN2O5S/c1-2-28-17-9-5-15(6-10-17)20-25-22(21(30-20)24-14-18-4-3-13-29-18)31(26,27)19-11-7-16(23)8-12-19/h3-13,24H,2,14H2,1H3. The third-order valence-corrected chi connectivity index (χ3v) is 6.60. The van der Waals surface area contributed by atoms with Gasteiger partial charge >= 0.3 is 0 Å². The average Bonchev–Trinajstić information content (AvgIpc) is 3.44. The Morgan fingerprint density at radius 2 is 1.81 bits per heavy atom. The Bertz CT molecular complexity index is 1250. The van der Waals surface area contributed by atoms with Gasteiger partial charge in [-0.25, -0.2) is 8.42 Å². The molecule has 9 heteroatoms. The summed E-state index contributed by atoms with van der Waals surface area (Å²) in [7, 11) is -3.92. The van der Waals surface area contributed by atoms with Crippen LogP contribution in [0.25, 0.3) is 11.5 Å². The van der Waals surface area contributed by atoms with Crippen LogP contribution in [0.2, 0.25) is 0 Å². The monoisotopic (exact) mass is 502 g/mol. The number of ether oxygens (including phenoxy) is 1. The highest BCUT2D eigenvalue weighted by Crippen LogP contribution is 2.33. The fourth-order valence-corrected chi connectivity index (χ4v) is 4.43. The van der Waals surface area contributed by atoms with Crippen LogP contribution in [-0.2, 0) is 16.4 Å². The van der Waals surface area contributed by atoms with E-state index in [9.17, 15) is 8.42 Å². The quantitative estimate of drug-likeness (QED) is 0.337. The second kappa shape index (κ2) is 8.99. The van der Waals surface area contributed by atoms with Crippen LogP contribution < -0.4 is 10.1 Å². The first-order chi connectivity index (χ1) is 15.0. The Morgan fingerprint density at radius 3 is 2.45 bits per heavy atom. The van der Waals surface area contributed by atoms with Gasteiger partial charge in [0.1, 0.15) is 11.5 Å². The average molecular weight is 503 g/mol. The second-order valence-electron chi connectivity index (χ2n) is 6.50. The fraction of sp³-hybridized carbons (Fsp3) is 0.136. The van der Waals surface area contributed by atoms with E-state index in [0.29, 0.717) is 23.7 Å². The van der Waals surface area contributed by atoms with E-state index < -0.39 is 9.84 Å². The molecule has 0 fully saturated rings. The number of hydrogen-bond acceptors (Lipinski definition) is 7. The third kappa shape index (κ3) is 4.67. The molecule has 0 atom stereocenters. The molecule has 0 aliphatic carbocycles. The number of furan rings is 1. The molecule has 0 amide bonds. The van der Waals surface area contributed by atoms with Crippen molar-refractivity contribution in [1.29, 1.82) is 0 Å². The summed E-state index contributed by atoms with van der Waals surface area (Å²) in [6.45, 7) is 2.70. The SMILES string of the molecule is CCOc1ccc(-c2nc(S(=O)(=O)c3ccc(Br)cc3)c(NCc3ccco3)o2)cc1. The minimum Gasteiger partial charge on any atom is -0.494 e. The molecule has 0 saturated heterocycles. The van der Waals surface area contributed by atoms with Gasteiger partial charge in [0.05, 0.1) is 24.3 Å². The zero-order valence-corrected chi connectivity index (χ0v) is 18.9. The molecule has 2 aromatic heterocycles. The molecular formula is C22H19BrN2O5S. The normalized spacial score (nSPS) is 11.4. The van der Waals surface area contributed by atoms with Crippen molar-refractivity contribution in [3.8, 4) is 17.2 Å². The van der Waals surface area contributed by atoms with E-state index in [1.165, 1.54) is 12.1 Å². The molecular weight excluding hydrogens is 484 g/mol. The van der Waals surface area contributed by atoms with Crippen molar-refractivity contribution >= 4 is 31.7 Å². The van der Waals surface area contributed by atoms with E-state index in [0.717, 1.165) is 4.47 Å². The van der Waals surface area contributed by atoms with Gasteiger partial charge in [-0.2, -0.15) is 4.98 Å². The molecule has 0 aliphatic rings. The summed E-state index contributed by atoms with van der Waals surface area (Å²) >= 11 is 3.32. The fourth-order valence-electron chi connectivity index (χ4n) is 2.89. The van der Waals surface area contributed by atoms with Crippen LogP contribution in [0.4, 0.5) is 5.88 Å². The lowest BCUT2D eigenvalue weighted by Crippen LogP contribution is -2.07. The predicted octanol–water partition coefficient (Wildman–Crippen LogP) is 5.54. The van der Waals surface area contributed by atoms with Crippen LogP contribution in [0.5, 0.6) is 5.75 Å². The van der Waals surface area contributed by atoms with E-state index in [1.807, 2.05) is 6.92 Å². The molecule has 4 aromatic rings. The van der Waals surface area contributed by atoms with Crippen molar-refractivity contribution in [2.75, 3.05) is 11.9 Å². The van der Waals surface area contributed by atoms with Crippen molar-refractivity contribution in [3.63, 3.8) is 0 Å². The zero-order chi connectivity index (χ0) is 21.8. The second-order valence-corrected chi connectivity index (χ2v) is 9.28. The summed E-state index contributed by atoms with van der Waals surface area (Å²) in [5.74, 6) is 1.56. The Hall–Kier alpha value is -3.04. The number of sulfone groups is 1. The maximum atomic E-state index is 13.3. The van der Waals surface area contributed by atoms with E-state index in [1.54, 1.807) is 54.8 Å². The Kier molecular flexibility index (Phi) is 6.15. The predicted molar refractivity (Wildman–Crippen MR) is 119 cm³/mol. The largest absolute Gasteiger partial charge is 0.494 e. The van der Waals surface area contributed by atoms with Crippen LogP contribution >= 0.6 is 15.9 Å². The summed E-state index contributed by atoms with van der Waals surface area (Å²) in [6, 6.07) is 17.0. The van der Waals surface area contributed by atoms with Crippen molar-refractivity contribution in [2.45, 2.75) is 23.4 Å². The van der Waals surface area contributed by atoms with E-state index >= 15 is 0 Å². The summed E-state index contributed by atoms with van der Waals surface area (Å²) in [5.41, 5.74) is 0.627. The highest BCUT2D eigenvalue weighted by Gasteiger charge is 2.28. The molecule has 0 unspecified atom stereocenters. The topological polar surface area (TPSA) is 94.6 Å². The van der Waals surface area contributed by atoms with Crippen LogP contribution in [0, 0.1) is 0 Å². The van der Waals surface area contributed by atoms with E-state index in [4.69, 9.17) is 13.6 Å². The number of nitrogens with one attached hydrogen (secondary N) is 1. The molecule has 0 bridgehead atoms. The molecule has 2 heterocycles. The van der Waals surface area contributed by atoms with Crippen LogP contribution in [-0.4, -0.2) is 20.0 Å². The Morgan fingerprint density at radius 1 is 1.06 bits per heavy atom. The number of nitrogens with zero attached hydrogens (tertiary/aromatic N) is 1. The maximum Gasteiger partial charge on any atom is 0.234 e. The summed E-state index contributed by atoms with van der Waals surface area (Å²) in [5, 5.41) is 2.80. The summed E-state index contributed by atoms with van der Waals surface area (Å²) < 4.78 is 44.0. The number of rotatable bonds is 8. The number of benzene rings is 2. The molecule has 2 aromatic carbocycles. The van der Waals surface area contributed by atoms with Crippen LogP contribution in [0.15, 0.2) is 90.2 Å². The van der Waals surface area contributed by atoms with E-state index in [2.05, 4.69) is 26.2 Å². The van der Waals surface area contributed by atoms with Gasteiger partial charge in [0.2, 0.25) is 26.6 Å². The summed E-state index contributed by atoms with van der Waals surface area (Å²) in [4.78, 5) is 4.44. The zero-order valence-electron chi connectivity index (χ0n) is 16.5. The number of aromatic nitrogens is 1. The molecule has 7 nitrogen and oxygen atoms in total. The minimum absolute atomic E-state index is 0.0446. The number of hydrogen-bond donors (Lipinski definition) is 1. The Labute approximate surface area is 188 Å². The highest BCUT2D eigenvalue weighted by molar-refractivity contribution is 9.10. The minimum atomic E-state index is -3.92. The van der Waals surface area contributed by atoms with Gasteiger partial charge in [-0.15, -0.1) is 0 Å². The first-order valence-electron chi connectivity index (χ1n) is 9.48. The van der Waals surface area contributed by atoms with Gasteiger partial charge in [-0.3, -0.25) is 0 Å². The first-order valence-corrected chi connectivity index (χ1v) is 11.8. The lowest BCUT2D eigenvalue weighted by Gasteiger charge is -2.05. The summed E-state index contributed by atoms with van der Waals surface area (Å²) in [6.07, 6.45) is 1.54. The van der Waals surface area contributed by atoms with Crippen molar-refractivity contribution in [1.82, 2.24) is 4.98 Å². The number of oxazole rings is 1. The first kappa shape index (κ1) is 21.2. The third-order valence-electron chi connectivity index (χ3n) is 4.39. The molecule has 160 valence electrons. The van der Waals surface area contributed by atoms with Crippen molar-refractivity contribution < 1.29 is 22.0 Å². The van der Waals surface area contributed by atoms with Gasteiger partial charge in [-0.1, -0.05) is 15.9 Å². The Balaban J connectivity index is 1.73. The number of halogens is 1. The van der Waals surface area contributed by atoms with Crippen LogP contribution in [0.3, 0.4) is 0 Å². The van der Waals surface area contributed by atoms with E-state index in [-0.39, 0.29) is 28.2 Å². The molecule has 0 saturated carbocycles. The maximum absolute atomic E-state index is 13.3. The molecule has 0 radical (unpaired) electrons. The van der Waals surface area contributed by atoms with Crippen LogP contribution in [0.1, 0.15) is 12.7 Å². The van der Waals surface area contributed by atoms with Gasteiger partial charge in [0.25, 0.3) is 0 Å². The van der Waals surface area contributed by atoms with Gasteiger partial charge < -0.3 is 18.9 Å². The van der Waals surface area contributed by atoms with Gasteiger partial charge in [0.15, 0.2) is 0 Å². The number of anilines is 1. The van der Waals surface area contributed by atoms with Crippen molar-refractivity contribution in [3.05, 3.63) is 77.2 Å². The smallest absolute Gasteiger partial charge is 0.234 e.